The molecule has 11 aromatic carbocycles. The van der Waals surface area contributed by atoms with E-state index in [1.807, 2.05) is 6.07 Å². The molecule has 0 saturated heterocycles. The highest BCUT2D eigenvalue weighted by atomic mass is 15.0. The first-order valence-electron chi connectivity index (χ1n) is 19.5. The molecule has 1 aromatic heterocycles. The molecule has 12 rings (SSSR count). The Labute approximate surface area is 329 Å². The zero-order valence-electron chi connectivity index (χ0n) is 30.9. The number of rotatable bonds is 4. The van der Waals surface area contributed by atoms with Gasteiger partial charge in [-0.2, -0.15) is 5.26 Å². The maximum atomic E-state index is 10.1. The van der Waals surface area contributed by atoms with Crippen LogP contribution in [0.25, 0.3) is 115 Å². The fourth-order valence-electron chi connectivity index (χ4n) is 9.69. The molecule has 2 nitrogen and oxygen atoms in total. The molecule has 57 heavy (non-hydrogen) atoms. The molecule has 0 unspecified atom stereocenters. The predicted molar refractivity (Wildman–Crippen MR) is 241 cm³/mol. The molecular weight excluding hydrogens is 689 g/mol. The second kappa shape index (κ2) is 12.1. The topological polar surface area (TPSA) is 28.7 Å². The summed E-state index contributed by atoms with van der Waals surface area (Å²) >= 11 is 0. The van der Waals surface area contributed by atoms with Crippen LogP contribution in [0.3, 0.4) is 0 Å². The van der Waals surface area contributed by atoms with Crippen molar-refractivity contribution >= 4 is 75.7 Å². The molecule has 0 radical (unpaired) electrons. The van der Waals surface area contributed by atoms with Crippen LogP contribution < -0.4 is 0 Å². The van der Waals surface area contributed by atoms with Crippen LogP contribution in [0, 0.1) is 11.3 Å². The van der Waals surface area contributed by atoms with E-state index in [-0.39, 0.29) is 0 Å². The summed E-state index contributed by atoms with van der Waals surface area (Å²) in [6.07, 6.45) is 0. The highest BCUT2D eigenvalue weighted by molar-refractivity contribution is 6.28. The van der Waals surface area contributed by atoms with Crippen molar-refractivity contribution in [2.75, 3.05) is 0 Å². The van der Waals surface area contributed by atoms with E-state index in [4.69, 9.17) is 0 Å². The van der Waals surface area contributed by atoms with E-state index in [9.17, 15) is 5.26 Å². The van der Waals surface area contributed by atoms with Crippen LogP contribution >= 0.6 is 0 Å². The average Bonchev–Trinajstić information content (AvgIpc) is 3.63. The number of aromatic nitrogens is 1. The Morgan fingerprint density at radius 3 is 1.65 bits per heavy atom. The van der Waals surface area contributed by atoms with E-state index >= 15 is 0 Å². The average molecular weight is 721 g/mol. The van der Waals surface area contributed by atoms with E-state index in [0.717, 1.165) is 33.1 Å². The second-order valence-electron chi connectivity index (χ2n) is 15.1. The summed E-state index contributed by atoms with van der Waals surface area (Å²) in [6, 6.07) is 72.9. The van der Waals surface area contributed by atoms with Gasteiger partial charge in [0.1, 0.15) is 0 Å². The normalized spacial score (nSPS) is 11.8. The van der Waals surface area contributed by atoms with Crippen molar-refractivity contribution in [1.29, 1.82) is 5.26 Å². The Bertz CT molecular complexity index is 3630. The molecule has 12 aromatic rings. The molecule has 0 fully saturated rings. The zero-order chi connectivity index (χ0) is 37.6. The van der Waals surface area contributed by atoms with Gasteiger partial charge in [-0.15, -0.1) is 0 Å². The first-order chi connectivity index (χ1) is 28.2. The van der Waals surface area contributed by atoms with Crippen LogP contribution in [0.2, 0.25) is 0 Å². The van der Waals surface area contributed by atoms with Gasteiger partial charge >= 0.3 is 0 Å². The maximum absolute atomic E-state index is 10.1. The minimum Gasteiger partial charge on any atom is -0.309 e. The van der Waals surface area contributed by atoms with Gasteiger partial charge in [0.05, 0.1) is 22.7 Å². The summed E-state index contributed by atoms with van der Waals surface area (Å²) < 4.78 is 2.34. The first kappa shape index (κ1) is 31.6. The van der Waals surface area contributed by atoms with Gasteiger partial charge in [0.2, 0.25) is 0 Å². The monoisotopic (exact) mass is 720 g/mol. The fraction of sp³-hybridized carbons (Fsp3) is 0. The lowest BCUT2D eigenvalue weighted by Crippen LogP contribution is -1.93. The minimum atomic E-state index is 0.698. The third-order valence-corrected chi connectivity index (χ3v) is 12.2. The molecule has 0 amide bonds. The summed E-state index contributed by atoms with van der Waals surface area (Å²) in [5.41, 5.74) is 11.3. The van der Waals surface area contributed by atoms with Crippen molar-refractivity contribution in [3.05, 3.63) is 200 Å². The van der Waals surface area contributed by atoms with Gasteiger partial charge in [-0.1, -0.05) is 146 Å². The number of hydrogen-bond donors (Lipinski definition) is 0. The Morgan fingerprint density at radius 2 is 0.895 bits per heavy atom. The highest BCUT2D eigenvalue weighted by Crippen LogP contribution is 2.46. The van der Waals surface area contributed by atoms with Gasteiger partial charge in [0.15, 0.2) is 0 Å². The molecule has 0 atom stereocenters. The van der Waals surface area contributed by atoms with Gasteiger partial charge in [-0.25, -0.2) is 0 Å². The number of fused-ring (bicyclic) bond motifs is 6. The SMILES string of the molecule is N#Cc1ccc2c3c1ccc1c(-c4cccc(-c5cc6c7ccccc7c(-c7cccc8ccccc78)cc6c6ccccc56)c4)ccc(c13)n2-c1ccccc1. The van der Waals surface area contributed by atoms with Crippen molar-refractivity contribution in [2.24, 2.45) is 0 Å². The molecular formula is C55H32N2. The van der Waals surface area contributed by atoms with Crippen molar-refractivity contribution in [3.63, 3.8) is 0 Å². The van der Waals surface area contributed by atoms with Crippen LogP contribution in [0.4, 0.5) is 0 Å². The number of nitriles is 1. The second-order valence-corrected chi connectivity index (χ2v) is 15.1. The highest BCUT2D eigenvalue weighted by Gasteiger charge is 2.21. The molecule has 2 heteroatoms. The van der Waals surface area contributed by atoms with E-state index in [2.05, 4.69) is 199 Å². The molecule has 262 valence electrons. The molecule has 0 N–H and O–H groups in total. The van der Waals surface area contributed by atoms with Gasteiger partial charge in [0, 0.05) is 21.8 Å². The molecule has 0 aliphatic heterocycles. The third kappa shape index (κ3) is 4.58. The number of hydrogen-bond acceptors (Lipinski definition) is 1. The van der Waals surface area contributed by atoms with Crippen LogP contribution in [0.15, 0.2) is 194 Å². The third-order valence-electron chi connectivity index (χ3n) is 12.2. The van der Waals surface area contributed by atoms with Crippen LogP contribution in [-0.2, 0) is 0 Å². The maximum Gasteiger partial charge on any atom is 0.0998 e. The number of nitrogens with zero attached hydrogens (tertiary/aromatic N) is 2. The quantitative estimate of drug-likeness (QED) is 0.166. The molecule has 0 aliphatic rings. The van der Waals surface area contributed by atoms with E-state index in [0.29, 0.717) is 5.56 Å². The van der Waals surface area contributed by atoms with Gasteiger partial charge in [0.25, 0.3) is 0 Å². The van der Waals surface area contributed by atoms with E-state index < -0.39 is 0 Å². The van der Waals surface area contributed by atoms with Crippen molar-refractivity contribution < 1.29 is 0 Å². The predicted octanol–water partition coefficient (Wildman–Crippen LogP) is 14.9. The van der Waals surface area contributed by atoms with Gasteiger partial charge < -0.3 is 4.57 Å². The summed E-state index contributed by atoms with van der Waals surface area (Å²) in [7, 11) is 0. The fourth-order valence-corrected chi connectivity index (χ4v) is 9.69. The van der Waals surface area contributed by atoms with Crippen molar-refractivity contribution in [2.45, 2.75) is 0 Å². The van der Waals surface area contributed by atoms with Gasteiger partial charge in [-0.3, -0.25) is 0 Å². The smallest absolute Gasteiger partial charge is 0.0998 e. The lowest BCUT2D eigenvalue weighted by atomic mass is 9.86. The summed E-state index contributed by atoms with van der Waals surface area (Å²) in [5, 5.41) is 24.6. The molecule has 0 bridgehead atoms. The zero-order valence-corrected chi connectivity index (χ0v) is 30.9. The van der Waals surface area contributed by atoms with Crippen molar-refractivity contribution in [3.8, 4) is 45.1 Å². The summed E-state index contributed by atoms with van der Waals surface area (Å²) in [5.74, 6) is 0. The minimum absolute atomic E-state index is 0.698. The lowest BCUT2D eigenvalue weighted by molar-refractivity contribution is 1.18. The molecule has 0 aliphatic carbocycles. The van der Waals surface area contributed by atoms with Crippen LogP contribution in [-0.4, -0.2) is 4.57 Å². The largest absolute Gasteiger partial charge is 0.309 e. The number of benzene rings is 11. The van der Waals surface area contributed by atoms with E-state index in [1.165, 1.54) is 81.7 Å². The lowest BCUT2D eigenvalue weighted by Gasteiger charge is -2.17. The Hall–Kier alpha value is -7.73. The Morgan fingerprint density at radius 1 is 0.333 bits per heavy atom. The summed E-state index contributed by atoms with van der Waals surface area (Å²) in [6.45, 7) is 0. The van der Waals surface area contributed by atoms with Crippen molar-refractivity contribution in [1.82, 2.24) is 4.57 Å². The van der Waals surface area contributed by atoms with Crippen LogP contribution in [0.5, 0.6) is 0 Å². The van der Waals surface area contributed by atoms with Gasteiger partial charge in [-0.05, 0) is 130 Å². The molecule has 0 saturated carbocycles. The standard InChI is InChI=1S/C55H32N2/c56-33-37-24-28-52-54-41(37)25-26-47-40(27-29-53(55(47)54)57(52)38-16-2-1-3-17-38)35-14-10-15-36(30-35)48-31-50-46-22-9-8-21-45(46)49(32-51(50)44-20-7-6-19-43(44)48)42-23-11-13-34-12-4-5-18-39(34)42/h1-32H. The molecule has 0 spiro atoms. The Balaban J connectivity index is 1.09. The summed E-state index contributed by atoms with van der Waals surface area (Å²) in [4.78, 5) is 0. The first-order valence-corrected chi connectivity index (χ1v) is 19.5. The number of para-hydroxylation sites is 1. The van der Waals surface area contributed by atoms with E-state index in [1.54, 1.807) is 0 Å². The Kier molecular flexibility index (Phi) is 6.73. The molecule has 1 heterocycles. The van der Waals surface area contributed by atoms with Crippen LogP contribution in [0.1, 0.15) is 5.56 Å².